The maximum atomic E-state index is 5.90. The molecular formula is C16H26Cl2O2Si2. The van der Waals surface area contributed by atoms with Gasteiger partial charge in [0.25, 0.3) is 6.69 Å². The Labute approximate surface area is 146 Å². The minimum atomic E-state index is -2.08. The third kappa shape index (κ3) is 11.2. The summed E-state index contributed by atoms with van der Waals surface area (Å²) in [5, 5.41) is 0. The minimum Gasteiger partial charge on any atom is -0.392 e. The lowest BCUT2D eigenvalue weighted by Crippen LogP contribution is -2.36. The first-order chi connectivity index (χ1) is 10.3. The fraction of sp³-hybridized carbons (Fsp3) is 0.375. The Morgan fingerprint density at radius 3 is 1.91 bits per heavy atom. The Hall–Kier alpha value is -0.366. The number of hydrogen-bond donors (Lipinski definition) is 0. The van der Waals surface area contributed by atoms with Gasteiger partial charge in [0.15, 0.2) is 0 Å². The molecule has 0 atom stereocenters. The molecule has 6 heteroatoms. The molecule has 0 bridgehead atoms. The Morgan fingerprint density at radius 1 is 1.05 bits per heavy atom. The van der Waals surface area contributed by atoms with Crippen molar-refractivity contribution in [2.45, 2.75) is 26.9 Å². The van der Waals surface area contributed by atoms with Crippen molar-refractivity contribution in [1.29, 1.82) is 0 Å². The van der Waals surface area contributed by atoms with Gasteiger partial charge in [-0.3, -0.25) is 0 Å². The maximum Gasteiger partial charge on any atom is 0.361 e. The van der Waals surface area contributed by atoms with Crippen LogP contribution in [0.1, 0.15) is 19.4 Å². The Morgan fingerprint density at radius 2 is 1.55 bits per heavy atom. The van der Waals surface area contributed by atoms with Crippen molar-refractivity contribution in [2.75, 3.05) is 13.2 Å². The van der Waals surface area contributed by atoms with Crippen molar-refractivity contribution in [3.05, 3.63) is 53.9 Å². The Kier molecular flexibility index (Phi) is 11.0. The molecule has 0 saturated carbocycles. The van der Waals surface area contributed by atoms with E-state index in [0.717, 1.165) is 5.56 Å². The summed E-state index contributed by atoms with van der Waals surface area (Å²) in [4.78, 5) is 0. The molecule has 0 amide bonds. The van der Waals surface area contributed by atoms with Crippen molar-refractivity contribution in [3.8, 4) is 0 Å². The van der Waals surface area contributed by atoms with Crippen molar-refractivity contribution >= 4 is 43.5 Å². The summed E-state index contributed by atoms with van der Waals surface area (Å²) in [6.45, 7) is 10.8. The molecule has 1 aromatic carbocycles. The van der Waals surface area contributed by atoms with E-state index >= 15 is 0 Å². The molecule has 0 radical (unpaired) electrons. The SMILES string of the molecule is C=C[Si](C)(OCC)OCC.C[Si](Cl)(Cl)C=Cc1ccccc1. The molecule has 0 N–H and O–H groups in total. The smallest absolute Gasteiger partial charge is 0.361 e. The van der Waals surface area contributed by atoms with Crippen LogP contribution in [-0.4, -0.2) is 28.5 Å². The summed E-state index contributed by atoms with van der Waals surface area (Å²) >= 11 is 11.8. The van der Waals surface area contributed by atoms with Gasteiger partial charge in [-0.2, -0.15) is 0 Å². The molecule has 124 valence electrons. The Bertz CT molecular complexity index is 439. The maximum absolute atomic E-state index is 5.90. The topological polar surface area (TPSA) is 18.5 Å². The minimum absolute atomic E-state index is 0.703. The number of rotatable bonds is 7. The summed E-state index contributed by atoms with van der Waals surface area (Å²) in [6, 6.07) is 9.99. The summed E-state index contributed by atoms with van der Waals surface area (Å²) in [7, 11) is -1.96. The van der Waals surface area contributed by atoms with Gasteiger partial charge in [-0.1, -0.05) is 42.1 Å². The van der Waals surface area contributed by atoms with Crippen LogP contribution in [0.2, 0.25) is 13.1 Å². The zero-order valence-electron chi connectivity index (χ0n) is 13.8. The van der Waals surface area contributed by atoms with E-state index in [0.29, 0.717) is 13.2 Å². The lowest BCUT2D eigenvalue weighted by atomic mass is 10.2. The van der Waals surface area contributed by atoms with E-state index in [4.69, 9.17) is 31.0 Å². The van der Waals surface area contributed by atoms with Crippen LogP contribution >= 0.6 is 22.2 Å². The molecule has 2 nitrogen and oxygen atoms in total. The molecule has 0 aliphatic heterocycles. The van der Waals surface area contributed by atoms with Crippen molar-refractivity contribution in [1.82, 2.24) is 0 Å². The molecule has 0 spiro atoms. The molecule has 1 aromatic rings. The van der Waals surface area contributed by atoms with Crippen molar-refractivity contribution in [3.63, 3.8) is 0 Å². The van der Waals surface area contributed by atoms with E-state index in [-0.39, 0.29) is 0 Å². The van der Waals surface area contributed by atoms with Gasteiger partial charge in [0.05, 0.1) is 0 Å². The molecule has 0 unspecified atom stereocenters. The third-order valence-corrected chi connectivity index (χ3v) is 6.57. The zero-order chi connectivity index (χ0) is 17.1. The van der Waals surface area contributed by atoms with E-state index in [9.17, 15) is 0 Å². The average molecular weight is 377 g/mol. The van der Waals surface area contributed by atoms with Crippen LogP contribution in [0.4, 0.5) is 0 Å². The normalized spacial score (nSPS) is 11.9. The molecule has 0 aromatic heterocycles. The van der Waals surface area contributed by atoms with Gasteiger partial charge < -0.3 is 8.85 Å². The fourth-order valence-corrected chi connectivity index (χ4v) is 3.87. The molecule has 1 rings (SSSR count). The first-order valence-corrected chi connectivity index (χ1v) is 14.3. The largest absolute Gasteiger partial charge is 0.392 e. The first-order valence-electron chi connectivity index (χ1n) is 7.30. The molecule has 0 fully saturated rings. The Balaban J connectivity index is 0.000000409. The standard InChI is InChI=1S/C9H10Cl2Si.C7H16O2Si/c1-12(10,11)8-7-9-5-3-2-4-6-9;1-5-8-10(4,7-3)9-6-2/h2-8H,1H3;7H,3,5-6H2,1-2,4H3. The second-order valence-corrected chi connectivity index (χ2v) is 15.3. The summed E-state index contributed by atoms with van der Waals surface area (Å²) < 4.78 is 10.8. The van der Waals surface area contributed by atoms with Crippen LogP contribution in [0.3, 0.4) is 0 Å². The highest BCUT2D eigenvalue weighted by Crippen LogP contribution is 2.16. The van der Waals surface area contributed by atoms with Gasteiger partial charge >= 0.3 is 8.56 Å². The van der Waals surface area contributed by atoms with E-state index in [1.165, 1.54) is 0 Å². The summed E-state index contributed by atoms with van der Waals surface area (Å²) in [6.07, 6.45) is 1.96. The van der Waals surface area contributed by atoms with Crippen LogP contribution in [-0.2, 0) is 8.85 Å². The van der Waals surface area contributed by atoms with Gasteiger partial charge in [0.2, 0.25) is 0 Å². The highest BCUT2D eigenvalue weighted by Gasteiger charge is 2.25. The van der Waals surface area contributed by atoms with Crippen LogP contribution < -0.4 is 0 Å². The van der Waals surface area contributed by atoms with E-state index in [1.807, 2.05) is 69.0 Å². The molecule has 0 aliphatic rings. The highest BCUT2D eigenvalue weighted by molar-refractivity contribution is 7.47. The van der Waals surface area contributed by atoms with E-state index < -0.39 is 15.3 Å². The lowest BCUT2D eigenvalue weighted by molar-refractivity contribution is 0.201. The van der Waals surface area contributed by atoms with Crippen LogP contribution in [0.5, 0.6) is 0 Å². The van der Waals surface area contributed by atoms with E-state index in [2.05, 4.69) is 6.58 Å². The van der Waals surface area contributed by atoms with Crippen LogP contribution in [0, 0.1) is 0 Å². The molecule has 0 saturated heterocycles. The predicted molar refractivity (Wildman–Crippen MR) is 104 cm³/mol. The molecule has 0 heterocycles. The highest BCUT2D eigenvalue weighted by atomic mass is 35.7. The first kappa shape index (κ1) is 21.6. The molecule has 0 aliphatic carbocycles. The van der Waals surface area contributed by atoms with Gasteiger partial charge in [0, 0.05) is 13.2 Å². The van der Waals surface area contributed by atoms with Crippen molar-refractivity contribution in [2.24, 2.45) is 0 Å². The van der Waals surface area contributed by atoms with Crippen molar-refractivity contribution < 1.29 is 8.85 Å². The van der Waals surface area contributed by atoms with E-state index in [1.54, 1.807) is 5.70 Å². The average Bonchev–Trinajstić information content (AvgIpc) is 2.47. The zero-order valence-corrected chi connectivity index (χ0v) is 17.3. The van der Waals surface area contributed by atoms with Crippen LogP contribution in [0.15, 0.2) is 48.3 Å². The quantitative estimate of drug-likeness (QED) is 0.452. The number of benzene rings is 1. The monoisotopic (exact) mass is 376 g/mol. The second-order valence-electron chi connectivity index (χ2n) is 4.79. The van der Waals surface area contributed by atoms with Gasteiger partial charge in [-0.05, 0) is 38.2 Å². The van der Waals surface area contributed by atoms with Gasteiger partial charge in [-0.15, -0.1) is 28.7 Å². The second kappa shape index (κ2) is 11.2. The molecule has 22 heavy (non-hydrogen) atoms. The fourth-order valence-electron chi connectivity index (χ4n) is 1.54. The third-order valence-electron chi connectivity index (χ3n) is 2.60. The summed E-state index contributed by atoms with van der Waals surface area (Å²) in [5.74, 6) is 0. The predicted octanol–water partition coefficient (Wildman–Crippen LogP) is 5.65. The molecular weight excluding hydrogens is 351 g/mol. The van der Waals surface area contributed by atoms with Crippen LogP contribution in [0.25, 0.3) is 6.08 Å². The number of hydrogen-bond acceptors (Lipinski definition) is 2. The van der Waals surface area contributed by atoms with Gasteiger partial charge in [-0.25, -0.2) is 0 Å². The van der Waals surface area contributed by atoms with Gasteiger partial charge in [0.1, 0.15) is 0 Å². The lowest BCUT2D eigenvalue weighted by Gasteiger charge is -2.21. The summed E-state index contributed by atoms with van der Waals surface area (Å²) in [5.41, 5.74) is 4.84. The number of halogens is 2.